The van der Waals surface area contributed by atoms with Crippen LogP contribution in [0.25, 0.3) is 0 Å². The van der Waals surface area contributed by atoms with Crippen molar-refractivity contribution in [1.82, 2.24) is 0 Å². The Kier molecular flexibility index (Phi) is 3.79. The van der Waals surface area contributed by atoms with Crippen LogP contribution in [-0.2, 0) is 0 Å². The lowest BCUT2D eigenvalue weighted by molar-refractivity contribution is 0.0692. The van der Waals surface area contributed by atoms with E-state index in [0.717, 1.165) is 17.7 Å². The molecule has 0 saturated carbocycles. The Morgan fingerprint density at radius 3 is 2.30 bits per heavy atom. The van der Waals surface area contributed by atoms with Gasteiger partial charge in [-0.05, 0) is 37.3 Å². The number of carbonyl (C=O) groups excluding carboxylic acids is 1. The molecule has 0 atom stereocenters. The molecule has 1 amide bonds. The number of benzene rings is 2. The highest BCUT2D eigenvalue weighted by Gasteiger charge is 2.12. The standard InChI is InChI=1S/C15H12FNO3/c1-9-2-4-10(5-3-9)14(18)17-11-6-7-12(15(19)20)13(16)8-11/h2-8H,1H3,(H,17,18)(H,19,20). The minimum atomic E-state index is -1.35. The van der Waals surface area contributed by atoms with E-state index in [1.54, 1.807) is 24.3 Å². The molecule has 0 aromatic heterocycles. The average molecular weight is 273 g/mol. The zero-order valence-electron chi connectivity index (χ0n) is 10.7. The van der Waals surface area contributed by atoms with Crippen LogP contribution in [0.5, 0.6) is 0 Å². The van der Waals surface area contributed by atoms with Gasteiger partial charge in [0.15, 0.2) is 0 Å². The first kappa shape index (κ1) is 13.7. The van der Waals surface area contributed by atoms with Crippen molar-refractivity contribution in [3.8, 4) is 0 Å². The van der Waals surface area contributed by atoms with Crippen LogP contribution in [0.1, 0.15) is 26.3 Å². The van der Waals surface area contributed by atoms with E-state index in [2.05, 4.69) is 5.32 Å². The third kappa shape index (κ3) is 3.00. The number of aryl methyl sites for hydroxylation is 1. The summed E-state index contributed by atoms with van der Waals surface area (Å²) >= 11 is 0. The second-order valence-corrected chi connectivity index (χ2v) is 4.32. The summed E-state index contributed by atoms with van der Waals surface area (Å²) in [4.78, 5) is 22.6. The molecule has 0 radical (unpaired) electrons. The van der Waals surface area contributed by atoms with Gasteiger partial charge in [-0.25, -0.2) is 9.18 Å². The Morgan fingerprint density at radius 2 is 1.75 bits per heavy atom. The topological polar surface area (TPSA) is 66.4 Å². The summed E-state index contributed by atoms with van der Waals surface area (Å²) in [5.41, 5.74) is 1.24. The molecule has 0 unspecified atom stereocenters. The van der Waals surface area contributed by atoms with Gasteiger partial charge in [-0.3, -0.25) is 4.79 Å². The molecule has 0 aliphatic heterocycles. The molecule has 0 aliphatic rings. The highest BCUT2D eigenvalue weighted by atomic mass is 19.1. The van der Waals surface area contributed by atoms with Crippen LogP contribution < -0.4 is 5.32 Å². The lowest BCUT2D eigenvalue weighted by atomic mass is 10.1. The van der Waals surface area contributed by atoms with Gasteiger partial charge in [0.2, 0.25) is 0 Å². The molecular weight excluding hydrogens is 261 g/mol. The first-order valence-electron chi connectivity index (χ1n) is 5.88. The molecule has 4 nitrogen and oxygen atoms in total. The van der Waals surface area contributed by atoms with Gasteiger partial charge in [0.1, 0.15) is 5.82 Å². The van der Waals surface area contributed by atoms with Crippen LogP contribution in [-0.4, -0.2) is 17.0 Å². The Balaban J connectivity index is 2.18. The quantitative estimate of drug-likeness (QED) is 0.903. The zero-order valence-corrected chi connectivity index (χ0v) is 10.7. The Bertz CT molecular complexity index is 665. The largest absolute Gasteiger partial charge is 0.478 e. The summed E-state index contributed by atoms with van der Waals surface area (Å²) < 4.78 is 13.5. The van der Waals surface area contributed by atoms with E-state index in [0.29, 0.717) is 5.56 Å². The molecule has 0 saturated heterocycles. The normalized spacial score (nSPS) is 10.1. The SMILES string of the molecule is Cc1ccc(C(=O)Nc2ccc(C(=O)O)c(F)c2)cc1. The first-order valence-corrected chi connectivity index (χ1v) is 5.88. The van der Waals surface area contributed by atoms with Gasteiger partial charge in [0.05, 0.1) is 5.56 Å². The summed E-state index contributed by atoms with van der Waals surface area (Å²) in [5, 5.41) is 11.2. The van der Waals surface area contributed by atoms with Gasteiger partial charge in [-0.2, -0.15) is 0 Å². The molecule has 0 aliphatic carbocycles. The van der Waals surface area contributed by atoms with Crippen molar-refractivity contribution in [1.29, 1.82) is 0 Å². The van der Waals surface area contributed by atoms with Crippen molar-refractivity contribution >= 4 is 17.6 Å². The third-order valence-electron chi connectivity index (χ3n) is 2.77. The fourth-order valence-corrected chi connectivity index (χ4v) is 1.67. The van der Waals surface area contributed by atoms with Crippen molar-refractivity contribution in [2.24, 2.45) is 0 Å². The number of nitrogens with one attached hydrogen (secondary N) is 1. The minimum Gasteiger partial charge on any atom is -0.478 e. The lowest BCUT2D eigenvalue weighted by Gasteiger charge is -2.06. The van der Waals surface area contributed by atoms with Gasteiger partial charge < -0.3 is 10.4 Å². The van der Waals surface area contributed by atoms with E-state index in [1.165, 1.54) is 6.07 Å². The summed E-state index contributed by atoms with van der Waals surface area (Å²) in [6.45, 7) is 1.90. The first-order chi connectivity index (χ1) is 9.47. The highest BCUT2D eigenvalue weighted by molar-refractivity contribution is 6.04. The monoisotopic (exact) mass is 273 g/mol. The summed E-state index contributed by atoms with van der Waals surface area (Å²) in [5.74, 6) is -2.62. The molecule has 0 bridgehead atoms. The van der Waals surface area contributed by atoms with Crippen LogP contribution in [0.15, 0.2) is 42.5 Å². The minimum absolute atomic E-state index is 0.207. The number of halogens is 1. The second-order valence-electron chi connectivity index (χ2n) is 4.32. The number of aromatic carboxylic acids is 1. The van der Waals surface area contributed by atoms with E-state index < -0.39 is 17.3 Å². The van der Waals surface area contributed by atoms with Crippen LogP contribution in [0, 0.1) is 12.7 Å². The van der Waals surface area contributed by atoms with Crippen LogP contribution in [0.4, 0.5) is 10.1 Å². The van der Waals surface area contributed by atoms with Gasteiger partial charge in [0, 0.05) is 11.3 Å². The number of hydrogen-bond acceptors (Lipinski definition) is 2. The smallest absolute Gasteiger partial charge is 0.338 e. The maximum absolute atomic E-state index is 13.5. The maximum Gasteiger partial charge on any atom is 0.338 e. The van der Waals surface area contributed by atoms with Gasteiger partial charge in [-0.15, -0.1) is 0 Å². The third-order valence-corrected chi connectivity index (χ3v) is 2.77. The number of carboxylic acid groups (broad SMARTS) is 1. The van der Waals surface area contributed by atoms with E-state index in [9.17, 15) is 14.0 Å². The van der Waals surface area contributed by atoms with Gasteiger partial charge in [0.25, 0.3) is 5.91 Å². The Morgan fingerprint density at radius 1 is 1.10 bits per heavy atom. The van der Waals surface area contributed by atoms with Crippen molar-refractivity contribution < 1.29 is 19.1 Å². The van der Waals surface area contributed by atoms with Crippen molar-refractivity contribution in [2.75, 3.05) is 5.32 Å². The molecular formula is C15H12FNO3. The number of rotatable bonds is 3. The average Bonchev–Trinajstić information content (AvgIpc) is 2.39. The number of anilines is 1. The molecule has 20 heavy (non-hydrogen) atoms. The molecule has 102 valence electrons. The molecule has 0 spiro atoms. The van der Waals surface area contributed by atoms with Crippen LogP contribution in [0.2, 0.25) is 0 Å². The lowest BCUT2D eigenvalue weighted by Crippen LogP contribution is -2.12. The maximum atomic E-state index is 13.5. The van der Waals surface area contributed by atoms with E-state index >= 15 is 0 Å². The van der Waals surface area contributed by atoms with Crippen molar-refractivity contribution in [3.63, 3.8) is 0 Å². The molecule has 0 heterocycles. The van der Waals surface area contributed by atoms with E-state index in [1.807, 2.05) is 6.92 Å². The summed E-state index contributed by atoms with van der Waals surface area (Å²) in [7, 11) is 0. The second kappa shape index (κ2) is 5.52. The predicted octanol–water partition coefficient (Wildman–Crippen LogP) is 3.08. The predicted molar refractivity (Wildman–Crippen MR) is 72.5 cm³/mol. The Hall–Kier alpha value is -2.69. The van der Waals surface area contributed by atoms with Crippen molar-refractivity contribution in [2.45, 2.75) is 6.92 Å². The summed E-state index contributed by atoms with van der Waals surface area (Å²) in [6.07, 6.45) is 0. The van der Waals surface area contributed by atoms with E-state index in [4.69, 9.17) is 5.11 Å². The van der Waals surface area contributed by atoms with Gasteiger partial charge in [-0.1, -0.05) is 17.7 Å². The number of carboxylic acids is 1. The molecule has 2 rings (SSSR count). The van der Waals surface area contributed by atoms with Crippen LogP contribution in [0.3, 0.4) is 0 Å². The van der Waals surface area contributed by atoms with Crippen LogP contribution >= 0.6 is 0 Å². The molecule has 0 fully saturated rings. The van der Waals surface area contributed by atoms with Gasteiger partial charge >= 0.3 is 5.97 Å². The molecule has 2 aromatic rings. The molecule has 2 N–H and O–H groups in total. The number of amides is 1. The van der Waals surface area contributed by atoms with Crippen molar-refractivity contribution in [3.05, 3.63) is 65.0 Å². The number of hydrogen-bond donors (Lipinski definition) is 2. The number of carbonyl (C=O) groups is 2. The highest BCUT2D eigenvalue weighted by Crippen LogP contribution is 2.16. The fraction of sp³-hybridized carbons (Fsp3) is 0.0667. The fourth-order valence-electron chi connectivity index (χ4n) is 1.67. The summed E-state index contributed by atoms with van der Waals surface area (Å²) in [6, 6.07) is 10.3. The van der Waals surface area contributed by atoms with E-state index in [-0.39, 0.29) is 11.6 Å². The molecule has 5 heteroatoms. The Labute approximate surface area is 114 Å². The molecule has 2 aromatic carbocycles. The zero-order chi connectivity index (χ0) is 14.7.